The lowest BCUT2D eigenvalue weighted by Gasteiger charge is -2.26. The van der Waals surface area contributed by atoms with Gasteiger partial charge < -0.3 is 11.1 Å². The lowest BCUT2D eigenvalue weighted by Crippen LogP contribution is -2.40. The number of benzene rings is 1. The van der Waals surface area contributed by atoms with E-state index in [9.17, 15) is 9.18 Å². The number of thiophene rings is 1. The van der Waals surface area contributed by atoms with Crippen LogP contribution in [0.15, 0.2) is 30.3 Å². The maximum atomic E-state index is 13.1. The Morgan fingerprint density at radius 2 is 1.83 bits per heavy atom. The summed E-state index contributed by atoms with van der Waals surface area (Å²) in [5.74, 6) is -0.276. The minimum atomic E-state index is -0.255. The third-order valence-corrected chi connectivity index (χ3v) is 5.45. The molecule has 1 aromatic carbocycles. The van der Waals surface area contributed by atoms with Crippen LogP contribution < -0.4 is 11.1 Å². The number of carbonyl (C=O) groups is 1. The van der Waals surface area contributed by atoms with Crippen molar-refractivity contribution in [1.29, 1.82) is 0 Å². The molecule has 0 spiro atoms. The van der Waals surface area contributed by atoms with Gasteiger partial charge in [0, 0.05) is 17.0 Å². The summed E-state index contributed by atoms with van der Waals surface area (Å²) in [7, 11) is 0. The number of aryl methyl sites for hydroxylation is 1. The Balaban J connectivity index is 0.00000208. The molecule has 24 heavy (non-hydrogen) atoms. The van der Waals surface area contributed by atoms with Gasteiger partial charge in [0.05, 0.1) is 4.88 Å². The highest BCUT2D eigenvalue weighted by Crippen LogP contribution is 2.31. The van der Waals surface area contributed by atoms with Crippen molar-refractivity contribution >= 4 is 29.7 Å². The molecular weight excluding hydrogens is 347 g/mol. The topological polar surface area (TPSA) is 55.1 Å². The van der Waals surface area contributed by atoms with Crippen LogP contribution >= 0.6 is 23.7 Å². The van der Waals surface area contributed by atoms with Gasteiger partial charge in [-0.2, -0.15) is 0 Å². The van der Waals surface area contributed by atoms with E-state index < -0.39 is 0 Å². The Hall–Kier alpha value is -1.43. The third kappa shape index (κ3) is 4.35. The first-order valence-electron chi connectivity index (χ1n) is 7.96. The zero-order chi connectivity index (χ0) is 16.4. The van der Waals surface area contributed by atoms with Crippen molar-refractivity contribution in [2.24, 2.45) is 5.73 Å². The molecule has 1 heterocycles. The van der Waals surface area contributed by atoms with E-state index in [0.29, 0.717) is 4.88 Å². The number of nitrogens with two attached hydrogens (primary N) is 1. The Kier molecular flexibility index (Phi) is 6.38. The van der Waals surface area contributed by atoms with Gasteiger partial charge in [-0.25, -0.2) is 4.39 Å². The normalized spacial score (nSPS) is 20.3. The second-order valence-electron chi connectivity index (χ2n) is 6.17. The van der Waals surface area contributed by atoms with Gasteiger partial charge >= 0.3 is 0 Å². The van der Waals surface area contributed by atoms with Crippen LogP contribution in [-0.4, -0.2) is 18.0 Å². The average molecular weight is 369 g/mol. The zero-order valence-electron chi connectivity index (χ0n) is 13.5. The molecule has 6 heteroatoms. The summed E-state index contributed by atoms with van der Waals surface area (Å²) in [6, 6.07) is 8.77. The standard InChI is InChI=1S/C18H21FN2OS.ClH/c1-11-16(12-2-4-13(19)5-3-12)10-17(23-11)18(22)21-15-8-6-14(20)7-9-15;/h2-5,10,14-15H,6-9,20H2,1H3,(H,21,22);1H. The number of nitrogens with one attached hydrogen (secondary N) is 1. The third-order valence-electron chi connectivity index (χ3n) is 4.40. The molecule has 1 fully saturated rings. The molecule has 0 radical (unpaired) electrons. The van der Waals surface area contributed by atoms with Gasteiger partial charge in [0.25, 0.3) is 5.91 Å². The maximum absolute atomic E-state index is 13.1. The second kappa shape index (κ2) is 8.10. The predicted octanol–water partition coefficient (Wildman–Crippen LogP) is 4.28. The first-order chi connectivity index (χ1) is 11.0. The van der Waals surface area contributed by atoms with Gasteiger partial charge in [-0.05, 0) is 61.9 Å². The largest absolute Gasteiger partial charge is 0.349 e. The second-order valence-corrected chi connectivity index (χ2v) is 7.43. The highest BCUT2D eigenvalue weighted by atomic mass is 35.5. The van der Waals surface area contributed by atoms with E-state index >= 15 is 0 Å². The van der Waals surface area contributed by atoms with Crippen LogP contribution in [0, 0.1) is 12.7 Å². The molecule has 3 N–H and O–H groups in total. The Morgan fingerprint density at radius 3 is 2.46 bits per heavy atom. The van der Waals surface area contributed by atoms with Crippen LogP contribution in [0.5, 0.6) is 0 Å². The fourth-order valence-corrected chi connectivity index (χ4v) is 3.98. The molecule has 1 aliphatic rings. The van der Waals surface area contributed by atoms with Crippen LogP contribution in [0.25, 0.3) is 11.1 Å². The smallest absolute Gasteiger partial charge is 0.261 e. The van der Waals surface area contributed by atoms with E-state index in [4.69, 9.17) is 5.73 Å². The van der Waals surface area contributed by atoms with Gasteiger partial charge in [0.15, 0.2) is 0 Å². The summed E-state index contributed by atoms with van der Waals surface area (Å²) in [4.78, 5) is 14.2. The molecule has 1 aromatic heterocycles. The first kappa shape index (κ1) is 18.9. The van der Waals surface area contributed by atoms with E-state index in [2.05, 4.69) is 5.32 Å². The number of hydrogen-bond donors (Lipinski definition) is 2. The average Bonchev–Trinajstić information content (AvgIpc) is 2.92. The van der Waals surface area contributed by atoms with Crippen LogP contribution in [0.3, 0.4) is 0 Å². The van der Waals surface area contributed by atoms with E-state index in [1.807, 2.05) is 13.0 Å². The zero-order valence-corrected chi connectivity index (χ0v) is 15.2. The quantitative estimate of drug-likeness (QED) is 0.849. The fourth-order valence-electron chi connectivity index (χ4n) is 3.03. The number of halogens is 2. The number of rotatable bonds is 3. The molecule has 130 valence electrons. The number of amides is 1. The molecule has 0 bridgehead atoms. The lowest BCUT2D eigenvalue weighted by molar-refractivity contribution is 0.0930. The van der Waals surface area contributed by atoms with Crippen molar-refractivity contribution in [2.45, 2.75) is 44.7 Å². The minimum absolute atomic E-state index is 0. The first-order valence-corrected chi connectivity index (χ1v) is 8.77. The van der Waals surface area contributed by atoms with Crippen LogP contribution in [0.4, 0.5) is 4.39 Å². The van der Waals surface area contributed by atoms with Gasteiger partial charge in [-0.15, -0.1) is 23.7 Å². The summed E-state index contributed by atoms with van der Waals surface area (Å²) in [5.41, 5.74) is 7.82. The van der Waals surface area contributed by atoms with Crippen molar-refractivity contribution < 1.29 is 9.18 Å². The molecule has 0 unspecified atom stereocenters. The molecule has 2 aromatic rings. The molecule has 1 saturated carbocycles. The Labute approximate surface area is 151 Å². The summed E-state index contributed by atoms with van der Waals surface area (Å²) in [6.07, 6.45) is 3.83. The van der Waals surface area contributed by atoms with Crippen molar-refractivity contribution in [3.8, 4) is 11.1 Å². The van der Waals surface area contributed by atoms with E-state index in [1.54, 1.807) is 12.1 Å². The SMILES string of the molecule is Cc1sc(C(=O)NC2CCC(N)CC2)cc1-c1ccc(F)cc1.Cl. The Bertz CT molecular complexity index is 694. The Morgan fingerprint density at radius 1 is 1.21 bits per heavy atom. The van der Waals surface area contributed by atoms with Gasteiger partial charge in [0.1, 0.15) is 5.82 Å². The van der Waals surface area contributed by atoms with Crippen LogP contribution in [0.2, 0.25) is 0 Å². The molecular formula is C18H22ClFN2OS. The van der Waals surface area contributed by atoms with Gasteiger partial charge in [-0.1, -0.05) is 12.1 Å². The molecule has 1 aliphatic carbocycles. The molecule has 0 saturated heterocycles. The summed E-state index contributed by atoms with van der Waals surface area (Å²) < 4.78 is 13.1. The predicted molar refractivity (Wildman–Crippen MR) is 99.4 cm³/mol. The number of hydrogen-bond acceptors (Lipinski definition) is 3. The molecule has 1 amide bonds. The van der Waals surface area contributed by atoms with E-state index in [1.165, 1.54) is 23.5 Å². The van der Waals surface area contributed by atoms with E-state index in [0.717, 1.165) is 41.7 Å². The molecule has 0 aliphatic heterocycles. The summed E-state index contributed by atoms with van der Waals surface area (Å²) in [5, 5.41) is 3.11. The van der Waals surface area contributed by atoms with Crippen molar-refractivity contribution in [3.63, 3.8) is 0 Å². The van der Waals surface area contributed by atoms with Gasteiger partial charge in [-0.3, -0.25) is 4.79 Å². The summed E-state index contributed by atoms with van der Waals surface area (Å²) in [6.45, 7) is 1.99. The van der Waals surface area contributed by atoms with Crippen molar-refractivity contribution in [3.05, 3.63) is 45.9 Å². The van der Waals surface area contributed by atoms with Crippen LogP contribution in [-0.2, 0) is 0 Å². The molecule has 0 atom stereocenters. The molecule has 3 nitrogen and oxygen atoms in total. The molecule has 3 rings (SSSR count). The van der Waals surface area contributed by atoms with Crippen molar-refractivity contribution in [2.75, 3.05) is 0 Å². The highest BCUT2D eigenvalue weighted by Gasteiger charge is 2.22. The monoisotopic (exact) mass is 368 g/mol. The van der Waals surface area contributed by atoms with E-state index in [-0.39, 0.29) is 36.2 Å². The fraction of sp³-hybridized carbons (Fsp3) is 0.389. The van der Waals surface area contributed by atoms with Crippen molar-refractivity contribution in [1.82, 2.24) is 5.32 Å². The van der Waals surface area contributed by atoms with Gasteiger partial charge in [0.2, 0.25) is 0 Å². The lowest BCUT2D eigenvalue weighted by atomic mass is 9.92. The maximum Gasteiger partial charge on any atom is 0.261 e. The minimum Gasteiger partial charge on any atom is -0.349 e. The van der Waals surface area contributed by atoms with Crippen LogP contribution in [0.1, 0.15) is 40.2 Å². The summed E-state index contributed by atoms with van der Waals surface area (Å²) >= 11 is 1.48. The number of carbonyl (C=O) groups excluding carboxylic acids is 1. The highest BCUT2D eigenvalue weighted by molar-refractivity contribution is 7.14.